The van der Waals surface area contributed by atoms with E-state index < -0.39 is 0 Å². The number of hydrogen-bond donors (Lipinski definition) is 3. The van der Waals surface area contributed by atoms with Gasteiger partial charge in [0.1, 0.15) is 0 Å². The van der Waals surface area contributed by atoms with E-state index in [1.54, 1.807) is 30.5 Å². The highest BCUT2D eigenvalue weighted by Crippen LogP contribution is 2.41. The average molecular weight is 321 g/mol. The Kier molecular flexibility index (Phi) is 3.45. The predicted molar refractivity (Wildman–Crippen MR) is 84.5 cm³/mol. The third kappa shape index (κ3) is 2.41. The second kappa shape index (κ2) is 5.27. The van der Waals surface area contributed by atoms with Crippen LogP contribution in [0.25, 0.3) is 22.4 Å². The normalized spacial score (nSPS) is 10.8. The van der Waals surface area contributed by atoms with Crippen LogP contribution in [0.1, 0.15) is 0 Å². The minimum Gasteiger partial charge on any atom is -0.382 e. The highest BCUT2D eigenvalue weighted by Gasteiger charge is 2.19. The molecule has 0 unspecified atom stereocenters. The fourth-order valence-corrected chi connectivity index (χ4v) is 2.71. The van der Waals surface area contributed by atoms with Gasteiger partial charge < -0.3 is 10.7 Å². The van der Waals surface area contributed by atoms with Gasteiger partial charge in [-0.1, -0.05) is 29.3 Å². The molecule has 1 aromatic carbocycles. The highest BCUT2D eigenvalue weighted by atomic mass is 35.5. The van der Waals surface area contributed by atoms with Crippen molar-refractivity contribution < 1.29 is 0 Å². The molecule has 7 heteroatoms. The Morgan fingerprint density at radius 1 is 1.05 bits per heavy atom. The Labute approximate surface area is 129 Å². The molecule has 0 fully saturated rings. The summed E-state index contributed by atoms with van der Waals surface area (Å²) in [6.45, 7) is 0. The maximum atomic E-state index is 11.2. The van der Waals surface area contributed by atoms with Crippen LogP contribution in [-0.2, 0) is 0 Å². The van der Waals surface area contributed by atoms with Gasteiger partial charge in [-0.3, -0.25) is 9.89 Å². The summed E-state index contributed by atoms with van der Waals surface area (Å²) in [7, 11) is 0. The second-order valence-corrected chi connectivity index (χ2v) is 5.21. The van der Waals surface area contributed by atoms with E-state index in [2.05, 4.69) is 15.2 Å². The van der Waals surface area contributed by atoms with E-state index in [-0.39, 0.29) is 11.4 Å². The van der Waals surface area contributed by atoms with Gasteiger partial charge >= 0.3 is 0 Å². The first-order valence-corrected chi connectivity index (χ1v) is 6.81. The van der Waals surface area contributed by atoms with Crippen LogP contribution in [-0.4, -0.2) is 15.2 Å². The first-order valence-electron chi connectivity index (χ1n) is 6.05. The van der Waals surface area contributed by atoms with Crippen LogP contribution < -0.4 is 11.3 Å². The molecule has 0 amide bonds. The summed E-state index contributed by atoms with van der Waals surface area (Å²) in [6.07, 6.45) is 1.57. The highest BCUT2D eigenvalue weighted by molar-refractivity contribution is 6.39. The molecule has 0 atom stereocenters. The van der Waals surface area contributed by atoms with Gasteiger partial charge in [-0.2, -0.15) is 5.10 Å². The fourth-order valence-electron chi connectivity index (χ4n) is 2.12. The van der Waals surface area contributed by atoms with Crippen molar-refractivity contribution in [1.29, 1.82) is 0 Å². The summed E-state index contributed by atoms with van der Waals surface area (Å²) >= 11 is 12.5. The van der Waals surface area contributed by atoms with Crippen molar-refractivity contribution >= 4 is 29.0 Å². The number of halogens is 2. The molecule has 0 aliphatic heterocycles. The maximum absolute atomic E-state index is 11.2. The van der Waals surface area contributed by atoms with Crippen LogP contribution in [0.3, 0.4) is 0 Å². The summed E-state index contributed by atoms with van der Waals surface area (Å²) in [6, 6.07) is 8.30. The van der Waals surface area contributed by atoms with E-state index >= 15 is 0 Å². The third-order valence-electron chi connectivity index (χ3n) is 3.08. The van der Waals surface area contributed by atoms with Crippen LogP contribution in [0, 0.1) is 0 Å². The van der Waals surface area contributed by atoms with Gasteiger partial charge in [-0.05, 0) is 18.2 Å². The van der Waals surface area contributed by atoms with E-state index in [0.29, 0.717) is 26.9 Å². The maximum Gasteiger partial charge on any atom is 0.247 e. The van der Waals surface area contributed by atoms with Gasteiger partial charge in [0.25, 0.3) is 0 Å². The lowest BCUT2D eigenvalue weighted by Gasteiger charge is -2.08. The number of nitrogen functional groups attached to an aromatic ring is 1. The van der Waals surface area contributed by atoms with Gasteiger partial charge in [0.15, 0.2) is 5.82 Å². The summed E-state index contributed by atoms with van der Waals surface area (Å²) in [5.41, 5.74) is 8.33. The van der Waals surface area contributed by atoms with Crippen molar-refractivity contribution in [3.8, 4) is 22.4 Å². The zero-order chi connectivity index (χ0) is 15.0. The van der Waals surface area contributed by atoms with Gasteiger partial charge in [0, 0.05) is 23.4 Å². The predicted octanol–water partition coefficient (Wildman–Crippen LogP) is 3.32. The monoisotopic (exact) mass is 320 g/mol. The molecule has 5 nitrogen and oxygen atoms in total. The minimum absolute atomic E-state index is 0.191. The van der Waals surface area contributed by atoms with Crippen LogP contribution in [0.4, 0.5) is 5.82 Å². The summed E-state index contributed by atoms with van der Waals surface area (Å²) in [5, 5.41) is 7.81. The van der Waals surface area contributed by atoms with Gasteiger partial charge in [0.05, 0.1) is 21.3 Å². The van der Waals surface area contributed by atoms with Crippen molar-refractivity contribution in [2.75, 3.05) is 5.73 Å². The van der Waals surface area contributed by atoms with Crippen molar-refractivity contribution in [3.05, 3.63) is 56.9 Å². The molecule has 2 aromatic heterocycles. The number of anilines is 1. The molecule has 0 bridgehead atoms. The third-order valence-corrected chi connectivity index (χ3v) is 3.71. The van der Waals surface area contributed by atoms with Crippen molar-refractivity contribution in [2.45, 2.75) is 0 Å². The van der Waals surface area contributed by atoms with Gasteiger partial charge in [-0.25, -0.2) is 0 Å². The van der Waals surface area contributed by atoms with E-state index in [1.807, 2.05) is 0 Å². The lowest BCUT2D eigenvalue weighted by molar-refractivity contribution is 1.10. The number of pyridine rings is 1. The molecule has 0 radical (unpaired) electrons. The molecule has 3 rings (SSSR count). The Hall–Kier alpha value is -2.24. The smallest absolute Gasteiger partial charge is 0.247 e. The molecule has 4 N–H and O–H groups in total. The molecule has 0 aliphatic rings. The van der Waals surface area contributed by atoms with Crippen molar-refractivity contribution in [2.24, 2.45) is 0 Å². The quantitative estimate of drug-likeness (QED) is 0.676. The van der Waals surface area contributed by atoms with E-state index in [9.17, 15) is 4.79 Å². The Morgan fingerprint density at radius 3 is 2.38 bits per heavy atom. The molecule has 3 aromatic rings. The summed E-state index contributed by atoms with van der Waals surface area (Å²) in [5.74, 6) is 0.284. The molecule has 0 aliphatic carbocycles. The number of benzene rings is 1. The van der Waals surface area contributed by atoms with E-state index in [0.717, 1.165) is 5.56 Å². The standard InChI is InChI=1S/C14H10Cl2N4O/c15-8-2-1-3-9(16)11(8)12-13(19-20-14(12)17)7-4-5-10(21)18-6-7/h1-6H,(H,18,21)(H3,17,19,20). The minimum atomic E-state index is -0.191. The first-order chi connectivity index (χ1) is 10.1. The number of nitrogens with two attached hydrogens (primary N) is 1. The van der Waals surface area contributed by atoms with Crippen LogP contribution in [0.15, 0.2) is 41.3 Å². The van der Waals surface area contributed by atoms with Crippen molar-refractivity contribution in [1.82, 2.24) is 15.2 Å². The zero-order valence-electron chi connectivity index (χ0n) is 10.7. The number of H-pyrrole nitrogens is 2. The lowest BCUT2D eigenvalue weighted by Crippen LogP contribution is -2.01. The SMILES string of the molecule is Nc1n[nH]c(-c2ccc(=O)[nH]c2)c1-c1c(Cl)cccc1Cl. The number of aromatic nitrogens is 3. The largest absolute Gasteiger partial charge is 0.382 e. The zero-order valence-corrected chi connectivity index (χ0v) is 12.2. The van der Waals surface area contributed by atoms with Gasteiger partial charge in [-0.15, -0.1) is 0 Å². The fraction of sp³-hybridized carbons (Fsp3) is 0. The van der Waals surface area contributed by atoms with E-state index in [1.165, 1.54) is 6.07 Å². The van der Waals surface area contributed by atoms with Gasteiger partial charge in [0.2, 0.25) is 5.56 Å². The lowest BCUT2D eigenvalue weighted by atomic mass is 10.0. The molecule has 21 heavy (non-hydrogen) atoms. The number of aromatic amines is 2. The number of rotatable bonds is 2. The Morgan fingerprint density at radius 2 is 1.76 bits per heavy atom. The molecule has 0 saturated carbocycles. The van der Waals surface area contributed by atoms with Crippen LogP contribution in [0.2, 0.25) is 10.0 Å². The van der Waals surface area contributed by atoms with Crippen molar-refractivity contribution in [3.63, 3.8) is 0 Å². The average Bonchev–Trinajstić information content (AvgIpc) is 2.82. The van der Waals surface area contributed by atoms with E-state index in [4.69, 9.17) is 28.9 Å². The summed E-state index contributed by atoms with van der Waals surface area (Å²) < 4.78 is 0. The van der Waals surface area contributed by atoms with Crippen LogP contribution >= 0.6 is 23.2 Å². The topological polar surface area (TPSA) is 87.6 Å². The molecular weight excluding hydrogens is 311 g/mol. The number of nitrogens with zero attached hydrogens (tertiary/aromatic N) is 1. The second-order valence-electron chi connectivity index (χ2n) is 4.40. The molecule has 0 saturated heterocycles. The molecule has 0 spiro atoms. The van der Waals surface area contributed by atoms with Crippen LogP contribution in [0.5, 0.6) is 0 Å². The molecule has 2 heterocycles. The molecule has 106 valence electrons. The molecular formula is C14H10Cl2N4O. The number of nitrogens with one attached hydrogen (secondary N) is 2. The first kappa shape index (κ1) is 13.7. The Balaban J connectivity index is 2.27. The number of hydrogen-bond acceptors (Lipinski definition) is 3. The Bertz CT molecular complexity index is 829. The summed E-state index contributed by atoms with van der Waals surface area (Å²) in [4.78, 5) is 13.8.